The molecular weight excluding hydrogens is 310 g/mol. The van der Waals surface area contributed by atoms with Gasteiger partial charge in [0.1, 0.15) is 5.65 Å². The van der Waals surface area contributed by atoms with Gasteiger partial charge in [0.2, 0.25) is 0 Å². The topological polar surface area (TPSA) is 60.4 Å². The highest BCUT2D eigenvalue weighted by Gasteiger charge is 2.09. The van der Waals surface area contributed by atoms with E-state index in [2.05, 4.69) is 20.9 Å². The maximum absolute atomic E-state index is 10.6. The Hall–Kier alpha value is -2.21. The summed E-state index contributed by atoms with van der Waals surface area (Å²) in [5.41, 5.74) is 2.70. The molecule has 3 rings (SSSR count). The van der Waals surface area contributed by atoms with Crippen LogP contribution >= 0.6 is 15.9 Å². The Balaban J connectivity index is 2.11. The smallest absolute Gasteiger partial charge is 0.269 e. The van der Waals surface area contributed by atoms with Crippen molar-refractivity contribution in [3.05, 3.63) is 63.4 Å². The molecule has 0 saturated carbocycles. The van der Waals surface area contributed by atoms with E-state index in [1.807, 2.05) is 22.7 Å². The zero-order valence-corrected chi connectivity index (χ0v) is 11.2. The average molecular weight is 318 g/mol. The molecule has 6 heteroatoms. The van der Waals surface area contributed by atoms with Gasteiger partial charge in [-0.15, -0.1) is 0 Å². The van der Waals surface area contributed by atoms with Crippen LogP contribution in [0.1, 0.15) is 0 Å². The number of aromatic nitrogens is 2. The van der Waals surface area contributed by atoms with Crippen molar-refractivity contribution in [2.75, 3.05) is 0 Å². The van der Waals surface area contributed by atoms with E-state index in [0.29, 0.717) is 0 Å². The molecule has 0 radical (unpaired) electrons. The lowest BCUT2D eigenvalue weighted by atomic mass is 10.1. The summed E-state index contributed by atoms with van der Waals surface area (Å²) >= 11 is 3.40. The van der Waals surface area contributed by atoms with Gasteiger partial charge in [0.15, 0.2) is 0 Å². The van der Waals surface area contributed by atoms with Gasteiger partial charge in [-0.1, -0.05) is 15.9 Å². The van der Waals surface area contributed by atoms with Gasteiger partial charge in [-0.2, -0.15) is 0 Å². The number of halogens is 1. The molecule has 0 unspecified atom stereocenters. The zero-order chi connectivity index (χ0) is 13.4. The number of hydrogen-bond acceptors (Lipinski definition) is 3. The minimum atomic E-state index is -0.407. The SMILES string of the molecule is O=[N+]([O-])c1ccc(-c2cnc3cc(Br)ccn23)cc1. The minimum absolute atomic E-state index is 0.0836. The van der Waals surface area contributed by atoms with Crippen molar-refractivity contribution in [1.29, 1.82) is 0 Å². The molecule has 0 bridgehead atoms. The molecule has 5 nitrogen and oxygen atoms in total. The van der Waals surface area contributed by atoms with Crippen molar-refractivity contribution < 1.29 is 4.92 Å². The molecule has 0 aliphatic heterocycles. The van der Waals surface area contributed by atoms with E-state index in [1.165, 1.54) is 12.1 Å². The average Bonchev–Trinajstić information content (AvgIpc) is 2.81. The van der Waals surface area contributed by atoms with Crippen molar-refractivity contribution in [1.82, 2.24) is 9.38 Å². The molecule has 94 valence electrons. The Bertz CT molecular complexity index is 765. The summed E-state index contributed by atoms with van der Waals surface area (Å²) in [5.74, 6) is 0. The van der Waals surface area contributed by atoms with Crippen LogP contribution in [-0.4, -0.2) is 14.3 Å². The van der Waals surface area contributed by atoms with Crippen LogP contribution in [0.4, 0.5) is 5.69 Å². The van der Waals surface area contributed by atoms with E-state index >= 15 is 0 Å². The van der Waals surface area contributed by atoms with Gasteiger partial charge in [-0.3, -0.25) is 14.5 Å². The second-order valence-electron chi connectivity index (χ2n) is 4.02. The predicted molar refractivity (Wildman–Crippen MR) is 75.0 cm³/mol. The van der Waals surface area contributed by atoms with Crippen LogP contribution in [0.2, 0.25) is 0 Å². The number of nitro groups is 1. The third-order valence-electron chi connectivity index (χ3n) is 2.85. The quantitative estimate of drug-likeness (QED) is 0.535. The van der Waals surface area contributed by atoms with E-state index in [1.54, 1.807) is 18.3 Å². The van der Waals surface area contributed by atoms with Gasteiger partial charge in [0.25, 0.3) is 5.69 Å². The van der Waals surface area contributed by atoms with E-state index < -0.39 is 4.92 Å². The number of rotatable bonds is 2. The summed E-state index contributed by atoms with van der Waals surface area (Å²) in [6, 6.07) is 10.3. The number of pyridine rings is 1. The molecule has 0 amide bonds. The summed E-state index contributed by atoms with van der Waals surface area (Å²) in [5, 5.41) is 10.6. The zero-order valence-electron chi connectivity index (χ0n) is 9.65. The molecule has 0 N–H and O–H groups in total. The minimum Gasteiger partial charge on any atom is -0.300 e. The van der Waals surface area contributed by atoms with Gasteiger partial charge < -0.3 is 0 Å². The molecule has 19 heavy (non-hydrogen) atoms. The molecule has 0 atom stereocenters. The standard InChI is InChI=1S/C13H8BrN3O2/c14-10-5-6-16-12(8-15-13(16)7-10)9-1-3-11(4-2-9)17(18)19/h1-8H. The number of benzene rings is 1. The lowest BCUT2D eigenvalue weighted by Gasteiger charge is -2.02. The van der Waals surface area contributed by atoms with Crippen molar-refractivity contribution in [2.24, 2.45) is 0 Å². The Kier molecular flexibility index (Phi) is 2.79. The number of nitro benzene ring substituents is 1. The van der Waals surface area contributed by atoms with Crippen molar-refractivity contribution in [3.63, 3.8) is 0 Å². The number of fused-ring (bicyclic) bond motifs is 1. The van der Waals surface area contributed by atoms with Crippen LogP contribution in [0, 0.1) is 10.1 Å². The predicted octanol–water partition coefficient (Wildman–Crippen LogP) is 3.67. The van der Waals surface area contributed by atoms with Crippen molar-refractivity contribution in [3.8, 4) is 11.3 Å². The van der Waals surface area contributed by atoms with Crippen LogP contribution in [-0.2, 0) is 0 Å². The second kappa shape index (κ2) is 4.47. The number of hydrogen-bond donors (Lipinski definition) is 0. The number of imidazole rings is 1. The largest absolute Gasteiger partial charge is 0.300 e. The maximum Gasteiger partial charge on any atom is 0.269 e. The summed E-state index contributed by atoms with van der Waals surface area (Å²) in [4.78, 5) is 14.5. The molecule has 2 heterocycles. The molecular formula is C13H8BrN3O2. The molecule has 0 fully saturated rings. The summed E-state index contributed by atoms with van der Waals surface area (Å²) < 4.78 is 2.90. The van der Waals surface area contributed by atoms with Gasteiger partial charge in [-0.05, 0) is 24.3 Å². The fourth-order valence-corrected chi connectivity index (χ4v) is 2.25. The van der Waals surface area contributed by atoms with E-state index in [4.69, 9.17) is 0 Å². The summed E-state index contributed by atoms with van der Waals surface area (Å²) in [6.07, 6.45) is 3.66. The Morgan fingerprint density at radius 2 is 1.95 bits per heavy atom. The monoisotopic (exact) mass is 317 g/mol. The van der Waals surface area contributed by atoms with Gasteiger partial charge >= 0.3 is 0 Å². The van der Waals surface area contributed by atoms with Gasteiger partial charge in [0, 0.05) is 28.4 Å². The van der Waals surface area contributed by atoms with Crippen LogP contribution < -0.4 is 0 Å². The summed E-state index contributed by atoms with van der Waals surface area (Å²) in [6.45, 7) is 0. The maximum atomic E-state index is 10.6. The highest BCUT2D eigenvalue weighted by molar-refractivity contribution is 9.10. The first-order valence-electron chi connectivity index (χ1n) is 5.52. The number of non-ortho nitro benzene ring substituents is 1. The van der Waals surface area contributed by atoms with E-state index in [9.17, 15) is 10.1 Å². The van der Waals surface area contributed by atoms with Gasteiger partial charge in [0.05, 0.1) is 16.8 Å². The molecule has 0 aliphatic rings. The third kappa shape index (κ3) is 2.10. The van der Waals surface area contributed by atoms with Gasteiger partial charge in [-0.25, -0.2) is 4.98 Å². The Morgan fingerprint density at radius 1 is 1.21 bits per heavy atom. The normalized spacial score (nSPS) is 10.8. The first-order chi connectivity index (χ1) is 9.15. The van der Waals surface area contributed by atoms with Crippen molar-refractivity contribution in [2.45, 2.75) is 0 Å². The van der Waals surface area contributed by atoms with Crippen LogP contribution in [0.25, 0.3) is 16.9 Å². The fraction of sp³-hybridized carbons (Fsp3) is 0. The number of nitrogens with zero attached hydrogens (tertiary/aromatic N) is 3. The third-order valence-corrected chi connectivity index (χ3v) is 3.34. The first-order valence-corrected chi connectivity index (χ1v) is 6.32. The second-order valence-corrected chi connectivity index (χ2v) is 4.94. The highest BCUT2D eigenvalue weighted by Crippen LogP contribution is 2.24. The fourth-order valence-electron chi connectivity index (χ4n) is 1.92. The van der Waals surface area contributed by atoms with Crippen LogP contribution in [0.15, 0.2) is 53.3 Å². The van der Waals surface area contributed by atoms with E-state index in [0.717, 1.165) is 21.4 Å². The molecule has 2 aromatic heterocycles. The van der Waals surface area contributed by atoms with E-state index in [-0.39, 0.29) is 5.69 Å². The summed E-state index contributed by atoms with van der Waals surface area (Å²) in [7, 11) is 0. The lowest BCUT2D eigenvalue weighted by molar-refractivity contribution is -0.384. The molecule has 3 aromatic rings. The Morgan fingerprint density at radius 3 is 2.63 bits per heavy atom. The first kappa shape index (κ1) is 11.9. The molecule has 0 aliphatic carbocycles. The van der Waals surface area contributed by atoms with Crippen LogP contribution in [0.3, 0.4) is 0 Å². The highest BCUT2D eigenvalue weighted by atomic mass is 79.9. The molecule has 0 saturated heterocycles. The van der Waals surface area contributed by atoms with Crippen LogP contribution in [0.5, 0.6) is 0 Å². The lowest BCUT2D eigenvalue weighted by Crippen LogP contribution is -1.89. The molecule has 1 aromatic carbocycles. The van der Waals surface area contributed by atoms with Crippen molar-refractivity contribution >= 4 is 27.3 Å². The molecule has 0 spiro atoms. The Labute approximate surface area is 116 Å².